The molecule has 1 aromatic carbocycles. The van der Waals surface area contributed by atoms with Crippen molar-refractivity contribution < 1.29 is 8.78 Å². The second kappa shape index (κ2) is 4.93. The lowest BCUT2D eigenvalue weighted by atomic mass is 10.0. The predicted octanol–water partition coefficient (Wildman–Crippen LogP) is 4.60. The first-order valence-corrected chi connectivity index (χ1v) is 5.45. The van der Waals surface area contributed by atoms with E-state index < -0.39 is 17.0 Å². The third-order valence-corrected chi connectivity index (χ3v) is 2.71. The van der Waals surface area contributed by atoms with Crippen molar-refractivity contribution in [2.45, 2.75) is 32.6 Å². The molecule has 0 spiro atoms. The fourth-order valence-corrected chi connectivity index (χ4v) is 1.97. The van der Waals surface area contributed by atoms with Crippen LogP contribution in [0.2, 0.25) is 0 Å². The van der Waals surface area contributed by atoms with Crippen molar-refractivity contribution in [2.75, 3.05) is 0 Å². The van der Waals surface area contributed by atoms with Gasteiger partial charge in [-0.25, -0.2) is 8.78 Å². The highest BCUT2D eigenvalue weighted by Gasteiger charge is 2.16. The maximum atomic E-state index is 13.5. The highest BCUT2D eigenvalue weighted by molar-refractivity contribution is 6.20. The molecule has 84 valence electrons. The summed E-state index contributed by atoms with van der Waals surface area (Å²) < 4.78 is 26.7. The van der Waals surface area contributed by atoms with Crippen LogP contribution in [0, 0.1) is 24.5 Å². The molecule has 0 saturated heterocycles. The molecule has 0 fully saturated rings. The third kappa shape index (κ3) is 3.16. The van der Waals surface area contributed by atoms with Crippen LogP contribution in [-0.2, 0) is 0 Å². The van der Waals surface area contributed by atoms with Gasteiger partial charge in [0.15, 0.2) is 0 Å². The number of rotatable bonds is 3. The highest BCUT2D eigenvalue weighted by atomic mass is 35.5. The summed E-state index contributed by atoms with van der Waals surface area (Å²) in [6.07, 6.45) is 0.640. The van der Waals surface area contributed by atoms with Gasteiger partial charge in [-0.05, 0) is 37.0 Å². The molecule has 15 heavy (non-hydrogen) atoms. The molecule has 3 heteroatoms. The van der Waals surface area contributed by atoms with E-state index in [0.717, 1.165) is 0 Å². The normalized spacial score (nSPS) is 13.3. The van der Waals surface area contributed by atoms with Crippen LogP contribution in [-0.4, -0.2) is 0 Å². The highest BCUT2D eigenvalue weighted by Crippen LogP contribution is 2.30. The van der Waals surface area contributed by atoms with E-state index in [1.807, 2.05) is 13.8 Å². The van der Waals surface area contributed by atoms with E-state index in [-0.39, 0.29) is 5.56 Å². The van der Waals surface area contributed by atoms with Crippen LogP contribution in [0.1, 0.15) is 36.8 Å². The summed E-state index contributed by atoms with van der Waals surface area (Å²) in [5, 5.41) is -0.458. The minimum absolute atomic E-state index is 0.258. The lowest BCUT2D eigenvalue weighted by molar-refractivity contribution is 0.537. The Kier molecular flexibility index (Phi) is 4.09. The fraction of sp³-hybridized carbons (Fsp3) is 0.500. The zero-order chi connectivity index (χ0) is 11.6. The SMILES string of the molecule is Cc1cc(F)c(C(Cl)CC(C)C)cc1F. The van der Waals surface area contributed by atoms with E-state index in [4.69, 9.17) is 11.6 Å². The van der Waals surface area contributed by atoms with Gasteiger partial charge in [0.25, 0.3) is 0 Å². The van der Waals surface area contributed by atoms with E-state index in [1.165, 1.54) is 19.1 Å². The van der Waals surface area contributed by atoms with Crippen LogP contribution < -0.4 is 0 Å². The number of aryl methyl sites for hydroxylation is 1. The average molecular weight is 233 g/mol. The molecule has 0 aromatic heterocycles. The van der Waals surface area contributed by atoms with Gasteiger partial charge in [0.2, 0.25) is 0 Å². The first-order valence-electron chi connectivity index (χ1n) is 5.01. The Morgan fingerprint density at radius 2 is 1.80 bits per heavy atom. The van der Waals surface area contributed by atoms with E-state index in [9.17, 15) is 8.78 Å². The standard InChI is InChI=1S/C12H15ClF2/c1-7(2)4-10(13)9-6-11(14)8(3)5-12(9)15/h5-7,10H,4H2,1-3H3. The third-order valence-electron chi connectivity index (χ3n) is 2.29. The second-order valence-corrected chi connectivity index (χ2v) is 4.75. The molecule has 0 bridgehead atoms. The molecule has 0 aliphatic rings. The van der Waals surface area contributed by atoms with Crippen LogP contribution in [0.15, 0.2) is 12.1 Å². The summed E-state index contributed by atoms with van der Waals surface area (Å²) in [5.74, 6) is -0.466. The number of benzene rings is 1. The average Bonchev–Trinajstić information content (AvgIpc) is 2.09. The maximum Gasteiger partial charge on any atom is 0.128 e. The molecule has 1 unspecified atom stereocenters. The molecular weight excluding hydrogens is 218 g/mol. The van der Waals surface area contributed by atoms with Gasteiger partial charge in [0.05, 0.1) is 5.38 Å². The van der Waals surface area contributed by atoms with Crippen molar-refractivity contribution in [3.05, 3.63) is 34.9 Å². The molecule has 0 amide bonds. The Morgan fingerprint density at radius 3 is 2.33 bits per heavy atom. The monoisotopic (exact) mass is 232 g/mol. The van der Waals surface area contributed by atoms with Crippen LogP contribution in [0.3, 0.4) is 0 Å². The summed E-state index contributed by atoms with van der Waals surface area (Å²) in [4.78, 5) is 0. The number of halogens is 3. The lowest BCUT2D eigenvalue weighted by Gasteiger charge is -2.14. The van der Waals surface area contributed by atoms with Gasteiger partial charge in [-0.2, -0.15) is 0 Å². The first-order chi connectivity index (χ1) is 6.91. The Hall–Kier alpha value is -0.630. The topological polar surface area (TPSA) is 0 Å². The maximum absolute atomic E-state index is 13.5. The first kappa shape index (κ1) is 12.4. The van der Waals surface area contributed by atoms with Crippen molar-refractivity contribution in [1.82, 2.24) is 0 Å². The molecule has 0 heterocycles. The molecule has 1 atom stereocenters. The molecule has 0 N–H and O–H groups in total. The van der Waals surface area contributed by atoms with Crippen molar-refractivity contribution >= 4 is 11.6 Å². The van der Waals surface area contributed by atoms with Crippen LogP contribution in [0.25, 0.3) is 0 Å². The Morgan fingerprint density at radius 1 is 1.20 bits per heavy atom. The molecular formula is C12H15ClF2. The summed E-state index contributed by atoms with van der Waals surface area (Å²) in [5.41, 5.74) is 0.568. The summed E-state index contributed by atoms with van der Waals surface area (Å²) >= 11 is 6.02. The zero-order valence-corrected chi connectivity index (χ0v) is 9.91. The van der Waals surface area contributed by atoms with Crippen molar-refractivity contribution in [3.63, 3.8) is 0 Å². The van der Waals surface area contributed by atoms with E-state index in [0.29, 0.717) is 17.9 Å². The van der Waals surface area contributed by atoms with E-state index in [2.05, 4.69) is 0 Å². The van der Waals surface area contributed by atoms with Gasteiger partial charge in [-0.1, -0.05) is 13.8 Å². The van der Waals surface area contributed by atoms with Crippen LogP contribution in [0.5, 0.6) is 0 Å². The minimum atomic E-state index is -0.458. The minimum Gasteiger partial charge on any atom is -0.207 e. The van der Waals surface area contributed by atoms with Gasteiger partial charge in [-0.3, -0.25) is 0 Å². The van der Waals surface area contributed by atoms with Crippen LogP contribution in [0.4, 0.5) is 8.78 Å². The molecule has 0 radical (unpaired) electrons. The largest absolute Gasteiger partial charge is 0.207 e. The van der Waals surface area contributed by atoms with Crippen molar-refractivity contribution in [1.29, 1.82) is 0 Å². The second-order valence-electron chi connectivity index (χ2n) is 4.22. The molecule has 1 aromatic rings. The molecule has 0 aliphatic heterocycles. The lowest BCUT2D eigenvalue weighted by Crippen LogP contribution is -2.01. The summed E-state index contributed by atoms with van der Waals surface area (Å²) in [6, 6.07) is 2.39. The predicted molar refractivity (Wildman–Crippen MR) is 59.1 cm³/mol. The molecule has 0 aliphatic carbocycles. The Balaban J connectivity index is 2.98. The quantitative estimate of drug-likeness (QED) is 0.669. The van der Waals surface area contributed by atoms with Gasteiger partial charge < -0.3 is 0 Å². The van der Waals surface area contributed by atoms with Crippen molar-refractivity contribution in [3.8, 4) is 0 Å². The number of hydrogen-bond acceptors (Lipinski definition) is 0. The van der Waals surface area contributed by atoms with Gasteiger partial charge >= 0.3 is 0 Å². The molecule has 0 saturated carbocycles. The Bertz CT molecular complexity index is 348. The molecule has 1 rings (SSSR count). The van der Waals surface area contributed by atoms with Gasteiger partial charge in [0, 0.05) is 5.56 Å². The summed E-state index contributed by atoms with van der Waals surface area (Å²) in [7, 11) is 0. The smallest absolute Gasteiger partial charge is 0.128 e. The van der Waals surface area contributed by atoms with Gasteiger partial charge in [-0.15, -0.1) is 11.6 Å². The van der Waals surface area contributed by atoms with Gasteiger partial charge in [0.1, 0.15) is 11.6 Å². The van der Waals surface area contributed by atoms with E-state index >= 15 is 0 Å². The molecule has 0 nitrogen and oxygen atoms in total. The Labute approximate surface area is 94.3 Å². The summed E-state index contributed by atoms with van der Waals surface area (Å²) in [6.45, 7) is 5.53. The number of alkyl halides is 1. The fourth-order valence-electron chi connectivity index (χ4n) is 1.44. The zero-order valence-electron chi connectivity index (χ0n) is 9.15. The van der Waals surface area contributed by atoms with E-state index in [1.54, 1.807) is 0 Å². The van der Waals surface area contributed by atoms with Crippen molar-refractivity contribution in [2.24, 2.45) is 5.92 Å². The van der Waals surface area contributed by atoms with Crippen LogP contribution >= 0.6 is 11.6 Å². The number of hydrogen-bond donors (Lipinski definition) is 0.